The molecule has 20 heavy (non-hydrogen) atoms. The summed E-state index contributed by atoms with van der Waals surface area (Å²) in [6, 6.07) is 0. The summed E-state index contributed by atoms with van der Waals surface area (Å²) in [5.74, 6) is 1.23. The second-order valence-corrected chi connectivity index (χ2v) is 11.8. The summed E-state index contributed by atoms with van der Waals surface area (Å²) in [6.45, 7) is 10.8. The van der Waals surface area contributed by atoms with Crippen LogP contribution < -0.4 is 0 Å². The van der Waals surface area contributed by atoms with E-state index in [2.05, 4.69) is 32.6 Å². The molecule has 0 N–H and O–H groups in total. The normalized spacial score (nSPS) is 29.1. The SMILES string of the molecule is CC1(CCC2OCCCO2)C=C(O[Si](C)(C)C)CCC1. The predicted molar refractivity (Wildman–Crippen MR) is 84.0 cm³/mol. The van der Waals surface area contributed by atoms with Crippen LogP contribution in [0.4, 0.5) is 0 Å². The number of hydrogen-bond donors (Lipinski definition) is 0. The molecule has 0 aromatic heterocycles. The van der Waals surface area contributed by atoms with E-state index in [0.29, 0.717) is 0 Å². The zero-order valence-corrected chi connectivity index (χ0v) is 14.5. The van der Waals surface area contributed by atoms with Crippen molar-refractivity contribution >= 4 is 8.32 Å². The lowest BCUT2D eigenvalue weighted by molar-refractivity contribution is -0.183. The van der Waals surface area contributed by atoms with Gasteiger partial charge in [0.15, 0.2) is 6.29 Å². The standard InChI is InChI=1S/C16H30O3Si/c1-16(10-8-15-17-11-6-12-18-15)9-5-7-14(13-16)19-20(2,3)4/h13,15H,5-12H2,1-4H3. The van der Waals surface area contributed by atoms with Crippen molar-refractivity contribution in [3.8, 4) is 0 Å². The lowest BCUT2D eigenvalue weighted by Gasteiger charge is -2.35. The van der Waals surface area contributed by atoms with Crippen LogP contribution in [0.3, 0.4) is 0 Å². The molecule has 116 valence electrons. The van der Waals surface area contributed by atoms with Crippen molar-refractivity contribution in [2.45, 2.75) is 71.4 Å². The lowest BCUT2D eigenvalue weighted by Crippen LogP contribution is -2.29. The maximum absolute atomic E-state index is 6.20. The Morgan fingerprint density at radius 1 is 1.25 bits per heavy atom. The van der Waals surface area contributed by atoms with Gasteiger partial charge in [-0.05, 0) is 63.2 Å². The second kappa shape index (κ2) is 6.63. The molecule has 1 heterocycles. The van der Waals surface area contributed by atoms with E-state index in [0.717, 1.165) is 38.9 Å². The van der Waals surface area contributed by atoms with Gasteiger partial charge in [0.2, 0.25) is 8.32 Å². The van der Waals surface area contributed by atoms with Crippen molar-refractivity contribution < 1.29 is 13.9 Å². The summed E-state index contributed by atoms with van der Waals surface area (Å²) in [6.07, 6.45) is 9.13. The number of ether oxygens (including phenoxy) is 2. The third-order valence-corrected chi connectivity index (χ3v) is 4.84. The first kappa shape index (κ1) is 16.1. The fourth-order valence-electron chi connectivity index (χ4n) is 3.02. The zero-order valence-electron chi connectivity index (χ0n) is 13.5. The molecule has 0 aromatic carbocycles. The van der Waals surface area contributed by atoms with Gasteiger partial charge in [0, 0.05) is 6.42 Å². The number of rotatable bonds is 5. The fourth-order valence-corrected chi connectivity index (χ4v) is 3.97. The molecule has 1 unspecified atom stereocenters. The molecule has 3 nitrogen and oxygen atoms in total. The summed E-state index contributed by atoms with van der Waals surface area (Å²) in [5.41, 5.74) is 0.247. The van der Waals surface area contributed by atoms with Gasteiger partial charge in [-0.2, -0.15) is 0 Å². The van der Waals surface area contributed by atoms with Crippen LogP contribution in [0.1, 0.15) is 45.4 Å². The molecule has 0 bridgehead atoms. The van der Waals surface area contributed by atoms with Crippen LogP contribution in [-0.2, 0) is 13.9 Å². The Kier molecular flexibility index (Phi) is 5.32. The number of allylic oxidation sites excluding steroid dienone is 2. The molecule has 1 aliphatic carbocycles. The molecule has 2 rings (SSSR count). The number of hydrogen-bond acceptors (Lipinski definition) is 3. The van der Waals surface area contributed by atoms with Crippen LogP contribution in [0, 0.1) is 5.41 Å². The van der Waals surface area contributed by atoms with E-state index in [-0.39, 0.29) is 11.7 Å². The van der Waals surface area contributed by atoms with E-state index in [4.69, 9.17) is 13.9 Å². The zero-order chi connectivity index (χ0) is 14.6. The minimum Gasteiger partial charge on any atom is -0.548 e. The highest BCUT2D eigenvalue weighted by Crippen LogP contribution is 2.39. The maximum Gasteiger partial charge on any atom is 0.241 e. The lowest BCUT2D eigenvalue weighted by atomic mass is 9.76. The van der Waals surface area contributed by atoms with Crippen LogP contribution in [0.5, 0.6) is 0 Å². The van der Waals surface area contributed by atoms with Crippen molar-refractivity contribution in [1.29, 1.82) is 0 Å². The molecule has 1 saturated heterocycles. The monoisotopic (exact) mass is 298 g/mol. The molecule has 0 radical (unpaired) electrons. The van der Waals surface area contributed by atoms with Gasteiger partial charge in [-0.3, -0.25) is 0 Å². The molecule has 1 fully saturated rings. The van der Waals surface area contributed by atoms with Gasteiger partial charge < -0.3 is 13.9 Å². The first-order valence-corrected chi connectivity index (χ1v) is 11.4. The molecule has 0 saturated carbocycles. The Morgan fingerprint density at radius 2 is 1.95 bits per heavy atom. The van der Waals surface area contributed by atoms with Gasteiger partial charge in [-0.25, -0.2) is 0 Å². The molecule has 4 heteroatoms. The topological polar surface area (TPSA) is 27.7 Å². The van der Waals surface area contributed by atoms with Gasteiger partial charge in [-0.1, -0.05) is 6.92 Å². The average Bonchev–Trinajstić information content (AvgIpc) is 2.36. The van der Waals surface area contributed by atoms with Gasteiger partial charge in [0.1, 0.15) is 0 Å². The summed E-state index contributed by atoms with van der Waals surface area (Å²) >= 11 is 0. The summed E-state index contributed by atoms with van der Waals surface area (Å²) in [4.78, 5) is 0. The molecule has 2 aliphatic rings. The van der Waals surface area contributed by atoms with Crippen LogP contribution in [-0.4, -0.2) is 27.8 Å². The van der Waals surface area contributed by atoms with Crippen molar-refractivity contribution in [3.05, 3.63) is 11.8 Å². The fraction of sp³-hybridized carbons (Fsp3) is 0.875. The van der Waals surface area contributed by atoms with Gasteiger partial charge in [0.05, 0.1) is 19.0 Å². The highest BCUT2D eigenvalue weighted by atomic mass is 28.4. The minimum atomic E-state index is -1.48. The molecule has 0 spiro atoms. The second-order valence-electron chi connectivity index (χ2n) is 7.40. The third-order valence-electron chi connectivity index (χ3n) is 3.97. The Labute approximate surface area is 124 Å². The van der Waals surface area contributed by atoms with Crippen molar-refractivity contribution in [3.63, 3.8) is 0 Å². The van der Waals surface area contributed by atoms with Gasteiger partial charge in [0.25, 0.3) is 0 Å². The van der Waals surface area contributed by atoms with Crippen LogP contribution >= 0.6 is 0 Å². The van der Waals surface area contributed by atoms with E-state index in [1.54, 1.807) is 0 Å². The molecular formula is C16H30O3Si. The smallest absolute Gasteiger partial charge is 0.241 e. The van der Waals surface area contributed by atoms with Crippen molar-refractivity contribution in [2.75, 3.05) is 13.2 Å². The molecule has 0 amide bonds. The van der Waals surface area contributed by atoms with Crippen molar-refractivity contribution in [1.82, 2.24) is 0 Å². The van der Waals surface area contributed by atoms with Crippen molar-refractivity contribution in [2.24, 2.45) is 5.41 Å². The molecule has 1 atom stereocenters. The Bertz CT molecular complexity index is 342. The summed E-state index contributed by atoms with van der Waals surface area (Å²) in [7, 11) is -1.48. The van der Waals surface area contributed by atoms with E-state index < -0.39 is 8.32 Å². The Hall–Kier alpha value is -0.323. The maximum atomic E-state index is 6.20. The molecule has 1 aliphatic heterocycles. The predicted octanol–water partition coefficient (Wildman–Crippen LogP) is 4.46. The first-order chi connectivity index (χ1) is 9.36. The molecule has 0 aromatic rings. The quantitative estimate of drug-likeness (QED) is 0.702. The van der Waals surface area contributed by atoms with Crippen LogP contribution in [0.15, 0.2) is 11.8 Å². The summed E-state index contributed by atoms with van der Waals surface area (Å²) in [5, 5.41) is 0. The largest absolute Gasteiger partial charge is 0.548 e. The minimum absolute atomic E-state index is 0.0114. The highest BCUT2D eigenvalue weighted by Gasteiger charge is 2.30. The first-order valence-electron chi connectivity index (χ1n) is 8.00. The van der Waals surface area contributed by atoms with Gasteiger partial charge >= 0.3 is 0 Å². The van der Waals surface area contributed by atoms with E-state index >= 15 is 0 Å². The van der Waals surface area contributed by atoms with Gasteiger partial charge in [-0.15, -0.1) is 0 Å². The highest BCUT2D eigenvalue weighted by molar-refractivity contribution is 6.70. The van der Waals surface area contributed by atoms with Crippen LogP contribution in [0.25, 0.3) is 0 Å². The Morgan fingerprint density at radius 3 is 2.60 bits per heavy atom. The third kappa shape index (κ3) is 5.22. The Balaban J connectivity index is 1.89. The molecular weight excluding hydrogens is 268 g/mol. The van der Waals surface area contributed by atoms with E-state index in [1.807, 2.05) is 0 Å². The summed E-state index contributed by atoms with van der Waals surface area (Å²) < 4.78 is 17.5. The van der Waals surface area contributed by atoms with Crippen LogP contribution in [0.2, 0.25) is 19.6 Å². The average molecular weight is 298 g/mol. The van der Waals surface area contributed by atoms with E-state index in [1.165, 1.54) is 18.6 Å². The van der Waals surface area contributed by atoms with E-state index in [9.17, 15) is 0 Å².